The molecule has 27 heavy (non-hydrogen) atoms. The van der Waals surface area contributed by atoms with Crippen LogP contribution in [0, 0.1) is 0 Å². The molecule has 0 aliphatic heterocycles. The summed E-state index contributed by atoms with van der Waals surface area (Å²) in [4.78, 5) is 26.9. The van der Waals surface area contributed by atoms with Crippen LogP contribution in [-0.4, -0.2) is 37.7 Å². The van der Waals surface area contributed by atoms with E-state index in [1.165, 1.54) is 26.9 Å². The maximum Gasteiger partial charge on any atom is 0.341 e. The number of thiophene rings is 3. The number of halogens is 1. The molecule has 0 spiro atoms. The quantitative estimate of drug-likeness (QED) is 0.337. The average molecular weight is 462 g/mol. The van der Waals surface area contributed by atoms with E-state index in [0.717, 1.165) is 9.75 Å². The first-order chi connectivity index (χ1) is 12.9. The van der Waals surface area contributed by atoms with Gasteiger partial charge in [-0.05, 0) is 19.9 Å². The predicted molar refractivity (Wildman–Crippen MR) is 117 cm³/mol. The van der Waals surface area contributed by atoms with Crippen LogP contribution in [0.4, 0.5) is 0 Å². The van der Waals surface area contributed by atoms with Crippen molar-refractivity contribution in [1.29, 1.82) is 0 Å². The van der Waals surface area contributed by atoms with E-state index in [9.17, 15) is 9.59 Å². The van der Waals surface area contributed by atoms with Crippen LogP contribution in [0.25, 0.3) is 19.2 Å². The monoisotopic (exact) mass is 461 g/mol. The van der Waals surface area contributed by atoms with E-state index in [1.807, 2.05) is 6.07 Å². The molecular weight excluding hydrogens is 444 g/mol. The number of carbonyl (C=O) groups excluding carboxylic acids is 2. The number of ether oxygens (including phenoxy) is 2. The Morgan fingerprint density at radius 1 is 0.963 bits per heavy atom. The highest BCUT2D eigenvalue weighted by Gasteiger charge is 2.30. The molecule has 3 aromatic rings. The number of hydrogen-bond donors (Lipinski definition) is 0. The van der Waals surface area contributed by atoms with Crippen molar-refractivity contribution in [2.45, 2.75) is 18.1 Å². The molecule has 0 aliphatic carbocycles. The molecule has 3 aromatic heterocycles. The summed E-state index contributed by atoms with van der Waals surface area (Å²) in [6.45, 7) is 4.07. The van der Waals surface area contributed by atoms with Crippen molar-refractivity contribution in [3.05, 3.63) is 27.6 Å². The molecule has 0 atom stereocenters. The van der Waals surface area contributed by atoms with Gasteiger partial charge in [-0.3, -0.25) is 0 Å². The smallest absolute Gasteiger partial charge is 0.341 e. The molecule has 0 fully saturated rings. The third-order valence-corrected chi connectivity index (χ3v) is 9.65. The lowest BCUT2D eigenvalue weighted by atomic mass is 10.2. The van der Waals surface area contributed by atoms with E-state index in [4.69, 9.17) is 21.1 Å². The van der Waals surface area contributed by atoms with Crippen LogP contribution in [0.2, 0.25) is 4.34 Å². The summed E-state index contributed by atoms with van der Waals surface area (Å²) in [7, 11) is 0.136. The average Bonchev–Trinajstić information content (AvgIpc) is 3.27. The molecule has 0 saturated heterocycles. The molecule has 0 saturated carbocycles. The van der Waals surface area contributed by atoms with Crippen molar-refractivity contribution in [2.24, 2.45) is 0 Å². The van der Waals surface area contributed by atoms with Gasteiger partial charge in [-0.25, -0.2) is 9.59 Å². The van der Waals surface area contributed by atoms with Crippen molar-refractivity contribution < 1.29 is 19.1 Å². The number of esters is 2. The van der Waals surface area contributed by atoms with Crippen LogP contribution in [0.15, 0.2) is 16.3 Å². The van der Waals surface area contributed by atoms with Crippen LogP contribution in [0.1, 0.15) is 34.6 Å². The van der Waals surface area contributed by atoms with Gasteiger partial charge < -0.3 is 9.47 Å². The van der Waals surface area contributed by atoms with Crippen molar-refractivity contribution in [1.82, 2.24) is 0 Å². The van der Waals surface area contributed by atoms with E-state index in [1.54, 1.807) is 25.2 Å². The fraction of sp³-hybridized carbons (Fsp3) is 0.333. The van der Waals surface area contributed by atoms with Gasteiger partial charge in [-0.15, -0.1) is 22.7 Å². The normalized spacial score (nSPS) is 11.3. The van der Waals surface area contributed by atoms with Crippen LogP contribution in [0.3, 0.4) is 0 Å². The molecule has 9 heteroatoms. The van der Waals surface area contributed by atoms with Crippen LogP contribution in [-0.2, 0) is 20.4 Å². The van der Waals surface area contributed by atoms with Crippen molar-refractivity contribution in [3.8, 4) is 9.75 Å². The molecule has 3 heterocycles. The topological polar surface area (TPSA) is 52.6 Å². The molecular formula is C18H18ClO4S4+. The Morgan fingerprint density at radius 2 is 1.56 bits per heavy atom. The molecule has 0 aromatic carbocycles. The second-order valence-corrected chi connectivity index (χ2v) is 11.6. The predicted octanol–water partition coefficient (Wildman–Crippen LogP) is 5.93. The summed E-state index contributed by atoms with van der Waals surface area (Å²) in [6, 6.07) is 4.11. The highest BCUT2D eigenvalue weighted by Crippen LogP contribution is 2.49. The molecule has 3 rings (SSSR count). The molecule has 4 nitrogen and oxygen atoms in total. The second-order valence-electron chi connectivity index (χ2n) is 5.59. The minimum Gasteiger partial charge on any atom is -0.462 e. The zero-order chi connectivity index (χ0) is 19.7. The Labute approximate surface area is 177 Å². The highest BCUT2D eigenvalue weighted by atomic mass is 35.5. The SMILES string of the molecule is CCOC(=O)c1c(Cl)sc2c(C(=O)OCC)c(-c3ccc([S+](C)C)s3)sc12. The Balaban J connectivity index is 2.23. The molecule has 0 N–H and O–H groups in total. The van der Waals surface area contributed by atoms with Crippen LogP contribution < -0.4 is 0 Å². The first kappa shape index (κ1) is 20.7. The van der Waals surface area contributed by atoms with Gasteiger partial charge in [0.2, 0.25) is 4.21 Å². The fourth-order valence-corrected chi connectivity index (χ4v) is 7.65. The zero-order valence-electron chi connectivity index (χ0n) is 15.2. The van der Waals surface area contributed by atoms with Gasteiger partial charge in [0.1, 0.15) is 22.4 Å². The highest BCUT2D eigenvalue weighted by molar-refractivity contribution is 7.97. The third-order valence-electron chi connectivity index (χ3n) is 3.65. The van der Waals surface area contributed by atoms with Gasteiger partial charge in [0.05, 0.1) is 37.9 Å². The molecule has 0 unspecified atom stereocenters. The minimum absolute atomic E-state index is 0.136. The summed E-state index contributed by atoms with van der Waals surface area (Å²) in [6.07, 6.45) is 4.32. The molecule has 0 bridgehead atoms. The first-order valence-electron chi connectivity index (χ1n) is 8.15. The van der Waals surface area contributed by atoms with Gasteiger partial charge in [0, 0.05) is 17.0 Å². The maximum atomic E-state index is 12.7. The van der Waals surface area contributed by atoms with Crippen molar-refractivity contribution in [3.63, 3.8) is 0 Å². The largest absolute Gasteiger partial charge is 0.462 e. The van der Waals surface area contributed by atoms with Gasteiger partial charge in [0.25, 0.3) is 0 Å². The lowest BCUT2D eigenvalue weighted by Crippen LogP contribution is -2.04. The number of fused-ring (bicyclic) bond motifs is 1. The van der Waals surface area contributed by atoms with Gasteiger partial charge >= 0.3 is 11.9 Å². The summed E-state index contributed by atoms with van der Waals surface area (Å²) in [5.74, 6) is -0.860. The third kappa shape index (κ3) is 3.91. The van der Waals surface area contributed by atoms with E-state index in [0.29, 0.717) is 24.9 Å². The molecule has 0 radical (unpaired) electrons. The lowest BCUT2D eigenvalue weighted by molar-refractivity contribution is 0.0519. The lowest BCUT2D eigenvalue weighted by Gasteiger charge is -2.02. The van der Waals surface area contributed by atoms with Crippen LogP contribution >= 0.6 is 45.6 Å². The molecule has 0 aliphatic rings. The Morgan fingerprint density at radius 3 is 2.11 bits per heavy atom. The Kier molecular flexibility index (Phi) is 6.53. The van der Waals surface area contributed by atoms with Gasteiger partial charge in [-0.2, -0.15) is 0 Å². The van der Waals surface area contributed by atoms with E-state index < -0.39 is 11.9 Å². The number of rotatable bonds is 6. The fourth-order valence-electron chi connectivity index (χ4n) is 2.51. The van der Waals surface area contributed by atoms with Gasteiger partial charge in [-0.1, -0.05) is 22.9 Å². The molecule has 0 amide bonds. The first-order valence-corrected chi connectivity index (χ1v) is 13.0. The number of hydrogen-bond acceptors (Lipinski definition) is 7. The van der Waals surface area contributed by atoms with E-state index in [-0.39, 0.29) is 24.1 Å². The maximum absolute atomic E-state index is 12.7. The van der Waals surface area contributed by atoms with Crippen molar-refractivity contribution in [2.75, 3.05) is 25.7 Å². The molecule has 144 valence electrons. The number of carbonyl (C=O) groups is 2. The summed E-state index contributed by atoms with van der Waals surface area (Å²) < 4.78 is 13.4. The Bertz CT molecular complexity index is 999. The Hall–Kier alpha value is -1.06. The van der Waals surface area contributed by atoms with E-state index in [2.05, 4.69) is 18.6 Å². The second kappa shape index (κ2) is 8.53. The van der Waals surface area contributed by atoms with Crippen molar-refractivity contribution >= 4 is 77.8 Å². The zero-order valence-corrected chi connectivity index (χ0v) is 19.2. The van der Waals surface area contributed by atoms with Gasteiger partial charge in [0.15, 0.2) is 0 Å². The standard InChI is InChI=1S/C18H18ClO4S4/c1-5-22-17(20)11-13(9-7-8-10(24-9)27(3)4)25-15-12(18(21)23-6-2)16(19)26-14(11)15/h7-8H,5-6H2,1-4H3/q+1. The summed E-state index contributed by atoms with van der Waals surface area (Å²) in [5, 5.41) is 0. The summed E-state index contributed by atoms with van der Waals surface area (Å²) >= 11 is 10.6. The van der Waals surface area contributed by atoms with Crippen LogP contribution in [0.5, 0.6) is 0 Å². The minimum atomic E-state index is -0.465. The summed E-state index contributed by atoms with van der Waals surface area (Å²) in [5.41, 5.74) is 0.822. The van der Waals surface area contributed by atoms with E-state index >= 15 is 0 Å².